The molecular weight excluding hydrogens is 196 g/mol. The standard InChI is InChI=1S/C14H20N2/c1-2-14(15)12-6-8-13(9-7-12)16-10-4-3-5-11-16/h3-4,6-9,14H,2,5,10-11,15H2,1H3/t14-/m0/s1. The van der Waals surface area contributed by atoms with Gasteiger partial charge in [-0.1, -0.05) is 31.2 Å². The molecule has 2 heteroatoms. The van der Waals surface area contributed by atoms with Crippen molar-refractivity contribution in [2.24, 2.45) is 5.73 Å². The van der Waals surface area contributed by atoms with E-state index in [9.17, 15) is 0 Å². The van der Waals surface area contributed by atoms with Crippen LogP contribution in [0, 0.1) is 0 Å². The van der Waals surface area contributed by atoms with Crippen LogP contribution in [0.25, 0.3) is 0 Å². The summed E-state index contributed by atoms with van der Waals surface area (Å²) in [5.74, 6) is 0. The Morgan fingerprint density at radius 1 is 1.25 bits per heavy atom. The first-order valence-electron chi connectivity index (χ1n) is 6.06. The molecule has 0 unspecified atom stereocenters. The molecule has 2 rings (SSSR count). The lowest BCUT2D eigenvalue weighted by Crippen LogP contribution is -2.26. The third-order valence-corrected chi connectivity index (χ3v) is 3.18. The number of anilines is 1. The van der Waals surface area contributed by atoms with Crippen LogP contribution in [0.2, 0.25) is 0 Å². The number of nitrogens with zero attached hydrogens (tertiary/aromatic N) is 1. The minimum absolute atomic E-state index is 0.176. The van der Waals surface area contributed by atoms with Gasteiger partial charge in [0.1, 0.15) is 0 Å². The molecule has 86 valence electrons. The molecule has 2 nitrogen and oxygen atoms in total. The summed E-state index contributed by atoms with van der Waals surface area (Å²) in [6.07, 6.45) is 6.62. The van der Waals surface area contributed by atoms with Crippen LogP contribution in [-0.4, -0.2) is 13.1 Å². The van der Waals surface area contributed by atoms with E-state index in [4.69, 9.17) is 5.73 Å². The maximum atomic E-state index is 6.00. The molecule has 1 aliphatic rings. The lowest BCUT2D eigenvalue weighted by Gasteiger charge is -2.26. The molecule has 0 fully saturated rings. The second-order valence-corrected chi connectivity index (χ2v) is 4.31. The van der Waals surface area contributed by atoms with Crippen molar-refractivity contribution in [2.45, 2.75) is 25.8 Å². The van der Waals surface area contributed by atoms with Gasteiger partial charge in [-0.25, -0.2) is 0 Å². The molecule has 1 aromatic rings. The van der Waals surface area contributed by atoms with Crippen molar-refractivity contribution < 1.29 is 0 Å². The van der Waals surface area contributed by atoms with Gasteiger partial charge in [-0.15, -0.1) is 0 Å². The molecule has 1 aromatic carbocycles. The van der Waals surface area contributed by atoms with Gasteiger partial charge in [0, 0.05) is 24.8 Å². The van der Waals surface area contributed by atoms with Crippen LogP contribution >= 0.6 is 0 Å². The smallest absolute Gasteiger partial charge is 0.0369 e. The largest absolute Gasteiger partial charge is 0.368 e. The fourth-order valence-corrected chi connectivity index (χ4v) is 2.04. The molecular formula is C14H20N2. The zero-order chi connectivity index (χ0) is 11.4. The fourth-order valence-electron chi connectivity index (χ4n) is 2.04. The summed E-state index contributed by atoms with van der Waals surface area (Å²) >= 11 is 0. The minimum Gasteiger partial charge on any atom is -0.368 e. The monoisotopic (exact) mass is 216 g/mol. The van der Waals surface area contributed by atoms with Gasteiger partial charge in [0.25, 0.3) is 0 Å². The summed E-state index contributed by atoms with van der Waals surface area (Å²) in [5, 5.41) is 0. The predicted octanol–water partition coefficient (Wildman–Crippen LogP) is 2.86. The Kier molecular flexibility index (Phi) is 3.62. The minimum atomic E-state index is 0.176. The number of nitrogens with two attached hydrogens (primary N) is 1. The molecule has 0 saturated heterocycles. The molecule has 1 atom stereocenters. The van der Waals surface area contributed by atoms with Crippen LogP contribution in [0.3, 0.4) is 0 Å². The lowest BCUT2D eigenvalue weighted by atomic mass is 10.0. The van der Waals surface area contributed by atoms with Crippen LogP contribution in [0.15, 0.2) is 36.4 Å². The molecule has 0 saturated carbocycles. The van der Waals surface area contributed by atoms with Gasteiger partial charge < -0.3 is 10.6 Å². The first kappa shape index (κ1) is 11.2. The van der Waals surface area contributed by atoms with E-state index in [1.165, 1.54) is 11.3 Å². The summed E-state index contributed by atoms with van der Waals surface area (Å²) in [6.45, 7) is 4.27. The van der Waals surface area contributed by atoms with Crippen LogP contribution in [-0.2, 0) is 0 Å². The van der Waals surface area contributed by atoms with E-state index < -0.39 is 0 Å². The number of hydrogen-bond acceptors (Lipinski definition) is 2. The van der Waals surface area contributed by atoms with Gasteiger partial charge in [-0.2, -0.15) is 0 Å². The Labute approximate surface area is 97.8 Å². The highest BCUT2D eigenvalue weighted by Crippen LogP contribution is 2.21. The summed E-state index contributed by atoms with van der Waals surface area (Å²) in [4.78, 5) is 2.39. The molecule has 2 N–H and O–H groups in total. The average Bonchev–Trinajstić information content (AvgIpc) is 2.39. The Morgan fingerprint density at radius 3 is 2.56 bits per heavy atom. The maximum absolute atomic E-state index is 6.00. The summed E-state index contributed by atoms with van der Waals surface area (Å²) in [7, 11) is 0. The van der Waals surface area contributed by atoms with Gasteiger partial charge >= 0.3 is 0 Å². The number of benzene rings is 1. The van der Waals surface area contributed by atoms with Crippen molar-refractivity contribution in [3.63, 3.8) is 0 Å². The summed E-state index contributed by atoms with van der Waals surface area (Å²) < 4.78 is 0. The van der Waals surface area contributed by atoms with E-state index in [0.717, 1.165) is 25.9 Å². The second kappa shape index (κ2) is 5.17. The average molecular weight is 216 g/mol. The van der Waals surface area contributed by atoms with E-state index in [1.54, 1.807) is 0 Å². The van der Waals surface area contributed by atoms with Gasteiger partial charge in [0.05, 0.1) is 0 Å². The number of rotatable bonds is 3. The lowest BCUT2D eigenvalue weighted by molar-refractivity contribution is 0.698. The maximum Gasteiger partial charge on any atom is 0.0369 e. The molecule has 0 spiro atoms. The highest BCUT2D eigenvalue weighted by Gasteiger charge is 2.08. The normalized spacial score (nSPS) is 17.5. The topological polar surface area (TPSA) is 29.3 Å². The number of hydrogen-bond donors (Lipinski definition) is 1. The third kappa shape index (κ3) is 2.45. The van der Waals surface area contributed by atoms with Gasteiger partial charge in [0.2, 0.25) is 0 Å². The molecule has 0 amide bonds. The van der Waals surface area contributed by atoms with Crippen LogP contribution in [0.5, 0.6) is 0 Å². The zero-order valence-corrected chi connectivity index (χ0v) is 9.89. The Hall–Kier alpha value is -1.28. The van der Waals surface area contributed by atoms with Crippen LogP contribution in [0.4, 0.5) is 5.69 Å². The van der Waals surface area contributed by atoms with E-state index in [-0.39, 0.29) is 6.04 Å². The van der Waals surface area contributed by atoms with Gasteiger partial charge in [0.15, 0.2) is 0 Å². The molecule has 0 bridgehead atoms. The first-order chi connectivity index (χ1) is 7.81. The van der Waals surface area contributed by atoms with Crippen LogP contribution in [0.1, 0.15) is 31.4 Å². The molecule has 16 heavy (non-hydrogen) atoms. The highest BCUT2D eigenvalue weighted by atomic mass is 15.1. The Balaban J connectivity index is 2.09. The highest BCUT2D eigenvalue weighted by molar-refractivity contribution is 5.49. The molecule has 0 aliphatic carbocycles. The van der Waals surface area contributed by atoms with Crippen molar-refractivity contribution in [1.82, 2.24) is 0 Å². The van der Waals surface area contributed by atoms with Crippen molar-refractivity contribution in [1.29, 1.82) is 0 Å². The Morgan fingerprint density at radius 2 is 2.00 bits per heavy atom. The molecule has 1 heterocycles. The van der Waals surface area contributed by atoms with E-state index in [2.05, 4.69) is 48.2 Å². The van der Waals surface area contributed by atoms with Crippen molar-refractivity contribution in [3.8, 4) is 0 Å². The second-order valence-electron chi connectivity index (χ2n) is 4.31. The van der Waals surface area contributed by atoms with Crippen molar-refractivity contribution in [2.75, 3.05) is 18.0 Å². The fraction of sp³-hybridized carbons (Fsp3) is 0.429. The van der Waals surface area contributed by atoms with Crippen molar-refractivity contribution >= 4 is 5.69 Å². The van der Waals surface area contributed by atoms with E-state index >= 15 is 0 Å². The third-order valence-electron chi connectivity index (χ3n) is 3.18. The quantitative estimate of drug-likeness (QED) is 0.787. The zero-order valence-electron chi connectivity index (χ0n) is 9.89. The first-order valence-corrected chi connectivity index (χ1v) is 6.06. The molecule has 0 aromatic heterocycles. The van der Waals surface area contributed by atoms with Gasteiger partial charge in [-0.05, 0) is 30.5 Å². The van der Waals surface area contributed by atoms with Gasteiger partial charge in [-0.3, -0.25) is 0 Å². The molecule has 0 radical (unpaired) electrons. The van der Waals surface area contributed by atoms with Crippen LogP contribution < -0.4 is 10.6 Å². The Bertz CT molecular complexity index is 354. The SMILES string of the molecule is CC[C@H](N)c1ccc(N2CC=CCC2)cc1. The summed E-state index contributed by atoms with van der Waals surface area (Å²) in [6, 6.07) is 8.85. The molecule has 1 aliphatic heterocycles. The van der Waals surface area contributed by atoms with E-state index in [1.807, 2.05) is 0 Å². The summed E-state index contributed by atoms with van der Waals surface area (Å²) in [5.41, 5.74) is 8.54. The predicted molar refractivity (Wildman–Crippen MR) is 69.6 cm³/mol. The van der Waals surface area contributed by atoms with Crippen molar-refractivity contribution in [3.05, 3.63) is 42.0 Å². The van der Waals surface area contributed by atoms with E-state index in [0.29, 0.717) is 0 Å².